The van der Waals surface area contributed by atoms with E-state index in [0.29, 0.717) is 39.2 Å². The molecule has 8 nitrogen and oxygen atoms in total. The molecule has 3 aliphatic rings. The van der Waals surface area contributed by atoms with Crippen LogP contribution >= 0.6 is 0 Å². The number of benzene rings is 2. The SMILES string of the molecule is C=S(=O)(NS(=O)(=O)c1ccc(C)cc1)N1CC2=C(CN([C@H]3CO[C@H](c4cc(F)ccc4F)[C@@H](N)C3)C2)C1. The molecule has 2 aromatic carbocycles. The fourth-order valence-corrected chi connectivity index (χ4v) is 8.58. The molecule has 3 aliphatic heterocycles. The lowest BCUT2D eigenvalue weighted by Gasteiger charge is -2.39. The summed E-state index contributed by atoms with van der Waals surface area (Å²) in [5.74, 6) is 2.62. The molecule has 0 spiro atoms. The second kappa shape index (κ2) is 9.84. The van der Waals surface area contributed by atoms with Crippen LogP contribution in [0.5, 0.6) is 0 Å². The van der Waals surface area contributed by atoms with Gasteiger partial charge in [0.05, 0.1) is 11.5 Å². The normalized spacial score (nSPS) is 26.9. The Labute approximate surface area is 216 Å². The van der Waals surface area contributed by atoms with E-state index in [1.54, 1.807) is 16.4 Å². The average Bonchev–Trinajstić information content (AvgIpc) is 3.41. The lowest BCUT2D eigenvalue weighted by molar-refractivity contribution is -0.0467. The Balaban J connectivity index is 1.18. The van der Waals surface area contributed by atoms with Crippen LogP contribution < -0.4 is 9.86 Å². The zero-order chi connectivity index (χ0) is 26.5. The first-order chi connectivity index (χ1) is 17.4. The van der Waals surface area contributed by atoms with E-state index in [4.69, 9.17) is 10.5 Å². The van der Waals surface area contributed by atoms with E-state index >= 15 is 0 Å². The van der Waals surface area contributed by atoms with Crippen molar-refractivity contribution in [3.63, 3.8) is 0 Å². The van der Waals surface area contributed by atoms with Crippen LogP contribution in [0.4, 0.5) is 8.78 Å². The Hall–Kier alpha value is -2.19. The summed E-state index contributed by atoms with van der Waals surface area (Å²) in [6.07, 6.45) is -0.171. The van der Waals surface area contributed by atoms with Gasteiger partial charge in [-0.25, -0.2) is 25.7 Å². The Bertz CT molecular complexity index is 1430. The summed E-state index contributed by atoms with van der Waals surface area (Å²) in [4.78, 5) is 2.24. The summed E-state index contributed by atoms with van der Waals surface area (Å²) in [7, 11) is -7.29. The Morgan fingerprint density at radius 3 is 2.30 bits per heavy atom. The fourth-order valence-electron chi connectivity index (χ4n) is 5.18. The maximum Gasteiger partial charge on any atom is 0.252 e. The van der Waals surface area contributed by atoms with E-state index in [1.165, 1.54) is 12.1 Å². The molecule has 0 aromatic heterocycles. The topological polar surface area (TPSA) is 105 Å². The number of aryl methyl sites for hydroxylation is 1. The number of sulfonamides is 1. The Morgan fingerprint density at radius 2 is 1.68 bits per heavy atom. The van der Waals surface area contributed by atoms with E-state index in [2.05, 4.69) is 14.9 Å². The zero-order valence-electron chi connectivity index (χ0n) is 20.4. The number of ether oxygens (including phenoxy) is 1. The second-order valence-electron chi connectivity index (χ2n) is 9.92. The smallest absolute Gasteiger partial charge is 0.252 e. The largest absolute Gasteiger partial charge is 0.370 e. The first kappa shape index (κ1) is 26.4. The highest BCUT2D eigenvalue weighted by Crippen LogP contribution is 2.35. The molecule has 0 amide bonds. The predicted molar refractivity (Wildman–Crippen MR) is 138 cm³/mol. The first-order valence-electron chi connectivity index (χ1n) is 11.9. The molecule has 0 radical (unpaired) electrons. The molecule has 200 valence electrons. The lowest BCUT2D eigenvalue weighted by atomic mass is 9.93. The van der Waals surface area contributed by atoms with Crippen LogP contribution in [0.3, 0.4) is 0 Å². The van der Waals surface area contributed by atoms with Crippen molar-refractivity contribution in [2.24, 2.45) is 5.73 Å². The molecule has 2 aromatic rings. The van der Waals surface area contributed by atoms with Crippen LogP contribution in [0.25, 0.3) is 0 Å². The van der Waals surface area contributed by atoms with E-state index in [0.717, 1.165) is 34.9 Å². The summed E-state index contributed by atoms with van der Waals surface area (Å²) >= 11 is 0. The Kier molecular flexibility index (Phi) is 7.03. The van der Waals surface area contributed by atoms with Gasteiger partial charge >= 0.3 is 0 Å². The number of nitrogens with two attached hydrogens (primary N) is 1. The molecule has 3 heterocycles. The van der Waals surface area contributed by atoms with Crippen molar-refractivity contribution in [1.82, 2.24) is 13.3 Å². The van der Waals surface area contributed by atoms with Crippen molar-refractivity contribution >= 4 is 25.8 Å². The zero-order valence-corrected chi connectivity index (χ0v) is 22.0. The van der Waals surface area contributed by atoms with Crippen LogP contribution in [0.2, 0.25) is 0 Å². The maximum absolute atomic E-state index is 14.2. The number of halogens is 2. The van der Waals surface area contributed by atoms with Crippen LogP contribution in [0.1, 0.15) is 23.7 Å². The molecule has 0 bridgehead atoms. The van der Waals surface area contributed by atoms with Gasteiger partial charge in [-0.1, -0.05) is 17.7 Å². The Morgan fingerprint density at radius 1 is 1.03 bits per heavy atom. The van der Waals surface area contributed by atoms with Gasteiger partial charge in [0.1, 0.15) is 27.6 Å². The van der Waals surface area contributed by atoms with E-state index < -0.39 is 43.7 Å². The van der Waals surface area contributed by atoms with Gasteiger partial charge in [0, 0.05) is 43.8 Å². The van der Waals surface area contributed by atoms with Crippen molar-refractivity contribution in [3.8, 4) is 0 Å². The number of nitrogens with zero attached hydrogens (tertiary/aromatic N) is 2. The van der Waals surface area contributed by atoms with Crippen LogP contribution in [0, 0.1) is 18.6 Å². The number of nitrogens with one attached hydrogen (secondary N) is 1. The minimum Gasteiger partial charge on any atom is -0.370 e. The highest BCUT2D eigenvalue weighted by atomic mass is 32.3. The van der Waals surface area contributed by atoms with Gasteiger partial charge in [-0.15, -0.1) is 4.13 Å². The molecule has 1 unspecified atom stereocenters. The third-order valence-corrected chi connectivity index (χ3v) is 11.1. The number of rotatable bonds is 6. The average molecular weight is 553 g/mol. The summed E-state index contributed by atoms with van der Waals surface area (Å²) < 4.78 is 76.5. The van der Waals surface area contributed by atoms with Crippen molar-refractivity contribution in [2.45, 2.75) is 36.4 Å². The first-order valence-corrected chi connectivity index (χ1v) is 15.1. The van der Waals surface area contributed by atoms with Gasteiger partial charge in [0.2, 0.25) is 0 Å². The lowest BCUT2D eigenvalue weighted by Crippen LogP contribution is -2.50. The summed E-state index contributed by atoms with van der Waals surface area (Å²) in [6, 6.07) is 9.06. The highest BCUT2D eigenvalue weighted by Gasteiger charge is 2.40. The van der Waals surface area contributed by atoms with Gasteiger partial charge in [-0.05, 0) is 60.7 Å². The number of hydrogen-bond acceptors (Lipinski definition) is 6. The summed E-state index contributed by atoms with van der Waals surface area (Å²) in [6.45, 7) is 4.05. The minimum absolute atomic E-state index is 0.00827. The molecule has 12 heteroatoms. The van der Waals surface area contributed by atoms with Gasteiger partial charge in [0.25, 0.3) is 10.0 Å². The van der Waals surface area contributed by atoms with Crippen LogP contribution in [-0.4, -0.2) is 72.6 Å². The summed E-state index contributed by atoms with van der Waals surface area (Å²) in [5.41, 5.74) is 9.50. The third-order valence-electron chi connectivity index (χ3n) is 7.19. The van der Waals surface area contributed by atoms with E-state index in [-0.39, 0.29) is 16.5 Å². The highest BCUT2D eigenvalue weighted by molar-refractivity contribution is 8.08. The summed E-state index contributed by atoms with van der Waals surface area (Å²) in [5, 5.41) is 0. The van der Waals surface area contributed by atoms with Gasteiger partial charge in [0.15, 0.2) is 0 Å². The standard InChI is InChI=1S/C25H30F2N4O4S2/c1-16-3-6-21(7-4-16)37(33,34)29-36(2,32)31-13-17-11-30(12-18(17)14-31)20-10-24(28)25(35-15-20)22-9-19(26)5-8-23(22)27/h3-9,20,24-25H,2,10-15,28H2,1H3,(H,29,32)/t20-,24+,25-,36?/m1/s1. The molecule has 3 N–H and O–H groups in total. The van der Waals surface area contributed by atoms with Crippen molar-refractivity contribution < 1.29 is 26.1 Å². The van der Waals surface area contributed by atoms with Crippen molar-refractivity contribution in [1.29, 1.82) is 0 Å². The molecule has 0 saturated carbocycles. The monoisotopic (exact) mass is 552 g/mol. The van der Waals surface area contributed by atoms with E-state index in [1.807, 2.05) is 6.92 Å². The quantitative estimate of drug-likeness (QED) is 0.419. The van der Waals surface area contributed by atoms with Crippen LogP contribution in [-0.2, 0) is 24.7 Å². The van der Waals surface area contributed by atoms with Crippen LogP contribution in [0.15, 0.2) is 58.5 Å². The maximum atomic E-state index is 14.2. The predicted octanol–water partition coefficient (Wildman–Crippen LogP) is 1.88. The molecular weight excluding hydrogens is 522 g/mol. The van der Waals surface area contributed by atoms with Crippen molar-refractivity contribution in [3.05, 3.63) is 76.4 Å². The van der Waals surface area contributed by atoms with Gasteiger partial charge < -0.3 is 10.5 Å². The van der Waals surface area contributed by atoms with E-state index in [9.17, 15) is 21.4 Å². The molecule has 0 aliphatic carbocycles. The molecule has 1 saturated heterocycles. The third kappa shape index (κ3) is 5.37. The van der Waals surface area contributed by atoms with Gasteiger partial charge in [-0.2, -0.15) is 0 Å². The minimum atomic E-state index is -4.00. The van der Waals surface area contributed by atoms with Crippen molar-refractivity contribution in [2.75, 3.05) is 32.8 Å². The number of hydrogen-bond donors (Lipinski definition) is 2. The molecule has 4 atom stereocenters. The van der Waals surface area contributed by atoms with Gasteiger partial charge in [-0.3, -0.25) is 4.90 Å². The molecular formula is C25H30F2N4O4S2. The molecule has 1 fully saturated rings. The fraction of sp³-hybridized carbons (Fsp3) is 0.400. The second-order valence-corrected chi connectivity index (χ2v) is 13.9. The molecule has 37 heavy (non-hydrogen) atoms. The molecule has 5 rings (SSSR count).